The Hall–Kier alpha value is -0.390. The fourth-order valence-electron chi connectivity index (χ4n) is 0. The second-order valence-corrected chi connectivity index (χ2v) is 4.23. The second-order valence-electron chi connectivity index (χ2n) is 1.41. The molecule has 0 bridgehead atoms. The van der Waals surface area contributed by atoms with Crippen molar-refractivity contribution in [1.29, 1.82) is 0 Å². The summed E-state index contributed by atoms with van der Waals surface area (Å²) in [6.45, 7) is 0. The van der Waals surface area contributed by atoms with Crippen LogP contribution in [0.5, 0.6) is 0 Å². The molecule has 0 unspecified atom stereocenters. The average molecular weight is 396 g/mol. The van der Waals surface area contributed by atoms with Crippen molar-refractivity contribution in [2.45, 2.75) is 0 Å². The first kappa shape index (κ1) is 58.8. The van der Waals surface area contributed by atoms with Gasteiger partial charge >= 0.3 is 28.6 Å². The Balaban J connectivity index is -0.0000000129. The molecule has 0 aromatic rings. The van der Waals surface area contributed by atoms with Crippen molar-refractivity contribution in [1.82, 2.24) is 36.9 Å². The summed E-state index contributed by atoms with van der Waals surface area (Å²) in [6, 6.07) is 0. The zero-order valence-electron chi connectivity index (χ0n) is 10.7. The number of phosphoric acid groups is 1. The van der Waals surface area contributed by atoms with E-state index in [1.165, 1.54) is 0 Å². The standard InChI is InChI=1S/6H3N.H3O4P.2H2O4S/c;;;;;;3*1-5(2,3)4/h6*1H3;(H3,1,2,3,4);2*(H2,1,2,3,4). The van der Waals surface area contributed by atoms with E-state index in [1.807, 2.05) is 0 Å². The van der Waals surface area contributed by atoms with Crippen LogP contribution >= 0.6 is 7.82 Å². The molecular weight excluding hydrogens is 371 g/mol. The van der Waals surface area contributed by atoms with Crippen LogP contribution < -0.4 is 36.9 Å². The highest BCUT2D eigenvalue weighted by molar-refractivity contribution is 7.80. The Labute approximate surface area is 120 Å². The molecule has 21 heteroatoms. The maximum absolute atomic E-state index is 8.88. The summed E-state index contributed by atoms with van der Waals surface area (Å²) in [4.78, 5) is 21.6. The Bertz CT molecular complexity index is 339. The highest BCUT2D eigenvalue weighted by atomic mass is 32.3. The third-order valence-corrected chi connectivity index (χ3v) is 0. The molecule has 21 heavy (non-hydrogen) atoms. The van der Waals surface area contributed by atoms with E-state index in [0.29, 0.717) is 0 Å². The molecule has 0 aliphatic heterocycles. The van der Waals surface area contributed by atoms with Crippen molar-refractivity contribution in [2.24, 2.45) is 0 Å². The van der Waals surface area contributed by atoms with E-state index in [2.05, 4.69) is 0 Å². The van der Waals surface area contributed by atoms with Gasteiger partial charge in [-0.3, -0.25) is 18.2 Å². The molecule has 0 atom stereocenters. The van der Waals surface area contributed by atoms with Crippen molar-refractivity contribution in [3.8, 4) is 0 Å². The third kappa shape index (κ3) is 40000. The minimum absolute atomic E-state index is 0. The summed E-state index contributed by atoms with van der Waals surface area (Å²) in [7, 11) is -14.0. The highest BCUT2D eigenvalue weighted by Crippen LogP contribution is 2.25. The maximum Gasteiger partial charge on any atom is 0.466 e. The summed E-state index contributed by atoms with van der Waals surface area (Å²) in [5.74, 6) is 0. The van der Waals surface area contributed by atoms with Gasteiger partial charge in [0, 0.05) is 0 Å². The molecule has 0 saturated heterocycles. The Morgan fingerprint density at radius 3 is 0.524 bits per heavy atom. The monoisotopic (exact) mass is 396 g/mol. The first-order valence-electron chi connectivity index (χ1n) is 2.18. The van der Waals surface area contributed by atoms with E-state index in [4.69, 9.17) is 54.3 Å². The molecule has 144 valence electrons. The van der Waals surface area contributed by atoms with Gasteiger partial charge in [0.05, 0.1) is 0 Å². The fourth-order valence-corrected chi connectivity index (χ4v) is 0. The van der Waals surface area contributed by atoms with Gasteiger partial charge in [-0.25, -0.2) is 4.57 Å². The van der Waals surface area contributed by atoms with E-state index in [9.17, 15) is 0 Å². The molecule has 0 rings (SSSR count). The van der Waals surface area contributed by atoms with E-state index < -0.39 is 28.6 Å². The molecule has 0 aromatic heterocycles. The van der Waals surface area contributed by atoms with Crippen LogP contribution in [0.4, 0.5) is 0 Å². The summed E-state index contributed by atoms with van der Waals surface area (Å²) in [5, 5.41) is 0. The molecule has 18 nitrogen and oxygen atoms in total. The van der Waals surface area contributed by atoms with Crippen LogP contribution in [0, 0.1) is 0 Å². The molecule has 0 amide bonds. The predicted octanol–water partition coefficient (Wildman–Crippen LogP) is -1.26. The average Bonchev–Trinajstić information content (AvgIpc) is 1.41. The van der Waals surface area contributed by atoms with Gasteiger partial charge < -0.3 is 51.6 Å². The molecule has 0 aromatic carbocycles. The van der Waals surface area contributed by atoms with E-state index in [1.54, 1.807) is 0 Å². The topological polar surface area (TPSA) is 437 Å². The number of hydrogen-bond acceptors (Lipinski definition) is 11. The van der Waals surface area contributed by atoms with Gasteiger partial charge in [0.25, 0.3) is 0 Å². The van der Waals surface area contributed by atoms with Crippen LogP contribution in [0.25, 0.3) is 0 Å². The van der Waals surface area contributed by atoms with Crippen molar-refractivity contribution >= 4 is 28.6 Å². The molecule has 0 aliphatic carbocycles. The maximum atomic E-state index is 8.88. The molecule has 0 fully saturated rings. The largest absolute Gasteiger partial charge is 0.466 e. The van der Waals surface area contributed by atoms with E-state index >= 15 is 0 Å². The van der Waals surface area contributed by atoms with Crippen LogP contribution in [0.3, 0.4) is 0 Å². The second kappa shape index (κ2) is 21.9. The number of hydrogen-bond donors (Lipinski definition) is 13. The van der Waals surface area contributed by atoms with Gasteiger partial charge in [-0.15, -0.1) is 0 Å². The summed E-state index contributed by atoms with van der Waals surface area (Å²) >= 11 is 0. The first-order chi connectivity index (χ1) is 6.00. The van der Waals surface area contributed by atoms with Gasteiger partial charge in [-0.05, 0) is 0 Å². The lowest BCUT2D eigenvalue weighted by atomic mass is 14.0. The molecule has 0 spiro atoms. The van der Waals surface area contributed by atoms with Gasteiger partial charge in [0.15, 0.2) is 0 Å². The van der Waals surface area contributed by atoms with Crippen molar-refractivity contribution in [3.63, 3.8) is 0 Å². The number of rotatable bonds is 0. The lowest BCUT2D eigenvalue weighted by molar-refractivity contribution is 0.275. The van der Waals surface area contributed by atoms with Crippen molar-refractivity contribution in [2.75, 3.05) is 0 Å². The molecular formula is H25N6O12PS2. The summed E-state index contributed by atoms with van der Waals surface area (Å²) in [6.07, 6.45) is 0. The van der Waals surface area contributed by atoms with Crippen molar-refractivity contribution in [3.05, 3.63) is 0 Å². The minimum atomic E-state index is -4.67. The minimum Gasteiger partial charge on any atom is -0.344 e. The molecule has 0 heterocycles. The normalized spacial score (nSPS) is 8.33. The van der Waals surface area contributed by atoms with E-state index in [-0.39, 0.29) is 36.9 Å². The summed E-state index contributed by atoms with van der Waals surface area (Å²) < 4.78 is 72.0. The fraction of sp³-hybridized carbons (Fsp3) is 0. The zero-order valence-corrected chi connectivity index (χ0v) is 13.2. The van der Waals surface area contributed by atoms with Crippen LogP contribution in [0.2, 0.25) is 0 Å². The highest BCUT2D eigenvalue weighted by Gasteiger charge is 2.00. The summed E-state index contributed by atoms with van der Waals surface area (Å²) in [5.41, 5.74) is 0. The lowest BCUT2D eigenvalue weighted by Gasteiger charge is -1.82. The Morgan fingerprint density at radius 1 is 0.524 bits per heavy atom. The van der Waals surface area contributed by atoms with Gasteiger partial charge in [-0.2, -0.15) is 16.8 Å². The van der Waals surface area contributed by atoms with Crippen LogP contribution in [-0.4, -0.2) is 49.7 Å². The molecule has 0 aliphatic rings. The quantitative estimate of drug-likeness (QED) is 0.167. The van der Waals surface area contributed by atoms with Gasteiger partial charge in [-0.1, -0.05) is 0 Å². The van der Waals surface area contributed by atoms with Gasteiger partial charge in [0.1, 0.15) is 0 Å². The van der Waals surface area contributed by atoms with Crippen LogP contribution in [-0.2, 0) is 25.4 Å². The smallest absolute Gasteiger partial charge is 0.344 e. The lowest BCUT2D eigenvalue weighted by Crippen LogP contribution is -1.89. The van der Waals surface area contributed by atoms with Crippen LogP contribution in [0.15, 0.2) is 0 Å². The Morgan fingerprint density at radius 2 is 0.524 bits per heavy atom. The van der Waals surface area contributed by atoms with Gasteiger partial charge in [0.2, 0.25) is 0 Å². The van der Waals surface area contributed by atoms with E-state index in [0.717, 1.165) is 0 Å². The molecule has 25 N–H and O–H groups in total. The zero-order chi connectivity index (χ0) is 13.5. The predicted molar refractivity (Wildman–Crippen MR) is 72.8 cm³/mol. The molecule has 0 radical (unpaired) electrons. The Kier molecular flexibility index (Phi) is 61.3. The SMILES string of the molecule is N.N.N.N.N.N.O=P(O)(O)O.O=S(=O)(O)O.O=S(=O)(O)O. The first-order valence-corrected chi connectivity index (χ1v) is 6.54. The molecule has 0 saturated carbocycles. The van der Waals surface area contributed by atoms with Crippen LogP contribution in [0.1, 0.15) is 0 Å². The van der Waals surface area contributed by atoms with Crippen molar-refractivity contribution < 1.29 is 54.3 Å². The third-order valence-electron chi connectivity index (χ3n) is 0.